The summed E-state index contributed by atoms with van der Waals surface area (Å²) < 4.78 is 5.48. The van der Waals surface area contributed by atoms with Crippen LogP contribution in [-0.2, 0) is 24.2 Å². The molecule has 0 unspecified atom stereocenters. The maximum Gasteiger partial charge on any atom is 0.327 e. The van der Waals surface area contributed by atoms with Crippen LogP contribution in [0.2, 0.25) is 0 Å². The van der Waals surface area contributed by atoms with Crippen molar-refractivity contribution in [3.8, 4) is 5.75 Å². The van der Waals surface area contributed by atoms with E-state index in [0.717, 1.165) is 34.5 Å². The van der Waals surface area contributed by atoms with Crippen molar-refractivity contribution in [2.45, 2.75) is 46.6 Å². The minimum Gasteiger partial charge on any atom is -0.496 e. The second-order valence-corrected chi connectivity index (χ2v) is 6.65. The Hall–Kier alpha value is -2.44. The fourth-order valence-electron chi connectivity index (χ4n) is 2.44. The average molecular weight is 332 g/mol. The number of nitrogens with zero attached hydrogens (tertiary/aromatic N) is 4. The zero-order chi connectivity index (χ0) is 17.7. The highest BCUT2D eigenvalue weighted by molar-refractivity contribution is 5.66. The summed E-state index contributed by atoms with van der Waals surface area (Å²) in [5, 5.41) is 20.5. The molecular formula is C17H24N4O3. The molecule has 0 aliphatic rings. The molecule has 0 fully saturated rings. The van der Waals surface area contributed by atoms with Crippen molar-refractivity contribution < 1.29 is 14.6 Å². The molecule has 2 aromatic rings. The lowest BCUT2D eigenvalue weighted by atomic mass is 9.82. The third kappa shape index (κ3) is 4.78. The number of benzene rings is 1. The average Bonchev–Trinajstić information content (AvgIpc) is 2.93. The lowest BCUT2D eigenvalue weighted by Gasteiger charge is -2.24. The fourth-order valence-corrected chi connectivity index (χ4v) is 2.44. The summed E-state index contributed by atoms with van der Waals surface area (Å²) in [6, 6.07) is 6.03. The number of hydrogen-bond donors (Lipinski definition) is 1. The van der Waals surface area contributed by atoms with Gasteiger partial charge in [-0.15, -0.1) is 10.2 Å². The molecule has 2 rings (SSSR count). The maximum absolute atomic E-state index is 10.7. The van der Waals surface area contributed by atoms with E-state index in [0.29, 0.717) is 12.2 Å². The number of tetrazole rings is 1. The molecule has 1 aromatic carbocycles. The molecule has 0 aliphatic carbocycles. The van der Waals surface area contributed by atoms with Crippen LogP contribution in [0, 0.1) is 5.41 Å². The second kappa shape index (κ2) is 7.42. The van der Waals surface area contributed by atoms with Crippen molar-refractivity contribution in [2.75, 3.05) is 7.11 Å². The molecule has 0 saturated heterocycles. The summed E-state index contributed by atoms with van der Waals surface area (Å²) >= 11 is 0. The Balaban J connectivity index is 2.18. The van der Waals surface area contributed by atoms with Crippen molar-refractivity contribution in [1.82, 2.24) is 20.2 Å². The molecule has 1 heterocycles. The van der Waals surface area contributed by atoms with Crippen molar-refractivity contribution in [2.24, 2.45) is 5.41 Å². The SMILES string of the molecule is CCC(C)(C)Cc1cc(Cc2nnn(CC(=O)O)n2)ccc1OC. The Kier molecular flexibility index (Phi) is 5.54. The van der Waals surface area contributed by atoms with Crippen molar-refractivity contribution in [3.63, 3.8) is 0 Å². The van der Waals surface area contributed by atoms with Gasteiger partial charge >= 0.3 is 5.97 Å². The molecule has 130 valence electrons. The molecule has 0 amide bonds. The van der Waals surface area contributed by atoms with Crippen LogP contribution in [0.25, 0.3) is 0 Å². The van der Waals surface area contributed by atoms with Gasteiger partial charge < -0.3 is 9.84 Å². The van der Waals surface area contributed by atoms with E-state index in [-0.39, 0.29) is 12.0 Å². The second-order valence-electron chi connectivity index (χ2n) is 6.65. The smallest absolute Gasteiger partial charge is 0.327 e. The molecule has 0 spiro atoms. The molecule has 24 heavy (non-hydrogen) atoms. The zero-order valence-electron chi connectivity index (χ0n) is 14.6. The standard InChI is InChI=1S/C17H24N4O3/c1-5-17(2,3)10-13-8-12(6-7-14(13)24-4)9-15-18-20-21(19-15)11-16(22)23/h6-8H,5,9-11H2,1-4H3,(H,22,23). The first kappa shape index (κ1) is 17.9. The van der Waals surface area contributed by atoms with E-state index < -0.39 is 5.97 Å². The van der Waals surface area contributed by atoms with Crippen LogP contribution in [0.5, 0.6) is 5.75 Å². The largest absolute Gasteiger partial charge is 0.496 e. The van der Waals surface area contributed by atoms with Crippen LogP contribution in [0.3, 0.4) is 0 Å². The Morgan fingerprint density at radius 2 is 2.12 bits per heavy atom. The van der Waals surface area contributed by atoms with Crippen LogP contribution in [0.15, 0.2) is 18.2 Å². The first-order valence-corrected chi connectivity index (χ1v) is 7.97. The van der Waals surface area contributed by atoms with Crippen molar-refractivity contribution >= 4 is 5.97 Å². The van der Waals surface area contributed by atoms with E-state index in [1.54, 1.807) is 7.11 Å². The third-order valence-electron chi connectivity index (χ3n) is 4.10. The van der Waals surface area contributed by atoms with Crippen LogP contribution in [-0.4, -0.2) is 38.4 Å². The van der Waals surface area contributed by atoms with Crippen molar-refractivity contribution in [1.29, 1.82) is 0 Å². The summed E-state index contributed by atoms with van der Waals surface area (Å²) in [5.41, 5.74) is 2.39. The van der Waals surface area contributed by atoms with Gasteiger partial charge in [0, 0.05) is 6.42 Å². The lowest BCUT2D eigenvalue weighted by molar-refractivity contribution is -0.138. The van der Waals surface area contributed by atoms with Gasteiger partial charge in [-0.05, 0) is 34.2 Å². The number of carboxylic acid groups (broad SMARTS) is 1. The highest BCUT2D eigenvalue weighted by atomic mass is 16.5. The van der Waals surface area contributed by atoms with E-state index in [1.165, 1.54) is 0 Å². The Morgan fingerprint density at radius 1 is 1.38 bits per heavy atom. The number of aliphatic carboxylic acids is 1. The normalized spacial score (nSPS) is 11.5. The molecule has 0 bridgehead atoms. The summed E-state index contributed by atoms with van der Waals surface area (Å²) in [7, 11) is 1.68. The van der Waals surface area contributed by atoms with Gasteiger partial charge in [0.2, 0.25) is 0 Å². The molecule has 0 aliphatic heterocycles. The number of hydrogen-bond acceptors (Lipinski definition) is 5. The number of carbonyl (C=O) groups is 1. The number of aromatic nitrogens is 4. The molecule has 1 aromatic heterocycles. The van der Waals surface area contributed by atoms with Crippen LogP contribution >= 0.6 is 0 Å². The molecule has 7 heteroatoms. The van der Waals surface area contributed by atoms with E-state index in [2.05, 4.69) is 42.2 Å². The van der Waals surface area contributed by atoms with Gasteiger partial charge in [0.1, 0.15) is 5.75 Å². The maximum atomic E-state index is 10.7. The van der Waals surface area contributed by atoms with Gasteiger partial charge in [0.25, 0.3) is 0 Å². The van der Waals surface area contributed by atoms with E-state index >= 15 is 0 Å². The highest BCUT2D eigenvalue weighted by Gasteiger charge is 2.19. The summed E-state index contributed by atoms with van der Waals surface area (Å²) in [4.78, 5) is 11.8. The Morgan fingerprint density at radius 3 is 2.75 bits per heavy atom. The number of methoxy groups -OCH3 is 1. The van der Waals surface area contributed by atoms with Gasteiger partial charge in [-0.1, -0.05) is 39.3 Å². The topological polar surface area (TPSA) is 90.1 Å². The van der Waals surface area contributed by atoms with E-state index in [9.17, 15) is 4.79 Å². The Bertz CT molecular complexity index is 710. The minimum absolute atomic E-state index is 0.189. The summed E-state index contributed by atoms with van der Waals surface area (Å²) in [5.74, 6) is 0.386. The van der Waals surface area contributed by atoms with Gasteiger partial charge in [0.15, 0.2) is 12.4 Å². The first-order valence-electron chi connectivity index (χ1n) is 7.97. The monoisotopic (exact) mass is 332 g/mol. The van der Waals surface area contributed by atoms with E-state index in [4.69, 9.17) is 9.84 Å². The number of ether oxygens (including phenoxy) is 1. The predicted molar refractivity (Wildman–Crippen MR) is 89.0 cm³/mol. The Labute approximate surface area is 141 Å². The number of carboxylic acids is 1. The van der Waals surface area contributed by atoms with E-state index in [1.807, 2.05) is 12.1 Å². The summed E-state index contributed by atoms with van der Waals surface area (Å²) in [6.45, 7) is 6.36. The first-order chi connectivity index (χ1) is 11.3. The predicted octanol–water partition coefficient (Wildman–Crippen LogP) is 2.34. The fraction of sp³-hybridized carbons (Fsp3) is 0.529. The highest BCUT2D eigenvalue weighted by Crippen LogP contribution is 2.31. The van der Waals surface area contributed by atoms with Crippen molar-refractivity contribution in [3.05, 3.63) is 35.2 Å². The van der Waals surface area contributed by atoms with Gasteiger partial charge in [0.05, 0.1) is 7.11 Å². The molecule has 0 saturated carbocycles. The van der Waals surface area contributed by atoms with Crippen LogP contribution in [0.1, 0.15) is 44.1 Å². The zero-order valence-corrected chi connectivity index (χ0v) is 14.6. The van der Waals surface area contributed by atoms with Gasteiger partial charge in [-0.25, -0.2) is 0 Å². The molecule has 7 nitrogen and oxygen atoms in total. The molecule has 0 atom stereocenters. The summed E-state index contributed by atoms with van der Waals surface area (Å²) in [6.07, 6.45) is 2.49. The molecule has 0 radical (unpaired) electrons. The van der Waals surface area contributed by atoms with Crippen LogP contribution in [0.4, 0.5) is 0 Å². The van der Waals surface area contributed by atoms with Crippen LogP contribution < -0.4 is 4.74 Å². The minimum atomic E-state index is -0.993. The quantitative estimate of drug-likeness (QED) is 0.798. The van der Waals surface area contributed by atoms with Gasteiger partial charge in [-0.3, -0.25) is 4.79 Å². The third-order valence-corrected chi connectivity index (χ3v) is 4.10. The van der Waals surface area contributed by atoms with Gasteiger partial charge in [-0.2, -0.15) is 4.80 Å². The molecular weight excluding hydrogens is 308 g/mol. The number of rotatable bonds is 8. The lowest BCUT2D eigenvalue weighted by Crippen LogP contribution is -2.14. The molecule has 1 N–H and O–H groups in total.